The van der Waals surface area contributed by atoms with E-state index in [1.54, 1.807) is 6.26 Å². The number of hydrogen-bond donors (Lipinski definition) is 9. The predicted octanol–water partition coefficient (Wildman–Crippen LogP) is -4.47. The fourth-order valence-electron chi connectivity index (χ4n) is 2.57. The average Bonchev–Trinajstić information content (AvgIpc) is 2.76. The molecular weight excluding hydrogens is 472 g/mol. The van der Waals surface area contributed by atoms with Crippen LogP contribution in [0.2, 0.25) is 0 Å². The Hall–Kier alpha value is -3.11. The molecule has 0 fully saturated rings. The van der Waals surface area contributed by atoms with Gasteiger partial charge >= 0.3 is 5.97 Å². The monoisotopic (exact) mass is 506 g/mol. The maximum absolute atomic E-state index is 12.7. The number of nitrogens with one attached hydrogen (secondary N) is 3. The molecule has 15 nitrogen and oxygen atoms in total. The van der Waals surface area contributed by atoms with Crippen LogP contribution in [-0.2, 0) is 24.0 Å². The summed E-state index contributed by atoms with van der Waals surface area (Å²) in [7, 11) is 0. The van der Waals surface area contributed by atoms with Crippen LogP contribution < -0.4 is 38.9 Å². The first kappa shape index (κ1) is 30.9. The molecule has 0 aliphatic carbocycles. The second kappa shape index (κ2) is 16.5. The van der Waals surface area contributed by atoms with E-state index >= 15 is 0 Å². The first-order valence-electron chi connectivity index (χ1n) is 10.3. The van der Waals surface area contributed by atoms with Gasteiger partial charge in [-0.05, 0) is 31.3 Å². The smallest absolute Gasteiger partial charge is 0.326 e. The van der Waals surface area contributed by atoms with Crippen LogP contribution in [0.5, 0.6) is 0 Å². The van der Waals surface area contributed by atoms with E-state index in [9.17, 15) is 29.1 Å². The van der Waals surface area contributed by atoms with Gasteiger partial charge in [-0.15, -0.1) is 0 Å². The van der Waals surface area contributed by atoms with Crippen LogP contribution in [-0.4, -0.2) is 95.1 Å². The molecule has 0 aliphatic heterocycles. The maximum atomic E-state index is 12.7. The second-order valence-electron chi connectivity index (χ2n) is 7.21. The van der Waals surface area contributed by atoms with Gasteiger partial charge in [0.05, 0.1) is 19.1 Å². The van der Waals surface area contributed by atoms with Gasteiger partial charge in [-0.1, -0.05) is 0 Å². The summed E-state index contributed by atoms with van der Waals surface area (Å²) in [6.45, 7) is -0.589. The van der Waals surface area contributed by atoms with Gasteiger partial charge < -0.3 is 49.1 Å². The van der Waals surface area contributed by atoms with E-state index in [0.29, 0.717) is 12.2 Å². The summed E-state index contributed by atoms with van der Waals surface area (Å²) in [5.41, 5.74) is 21.3. The van der Waals surface area contributed by atoms with Gasteiger partial charge in [0.15, 0.2) is 5.96 Å². The van der Waals surface area contributed by atoms with Crippen LogP contribution in [0.25, 0.3) is 0 Å². The van der Waals surface area contributed by atoms with Crippen LogP contribution in [0.15, 0.2) is 4.99 Å². The summed E-state index contributed by atoms with van der Waals surface area (Å²) in [6, 6.07) is -5.20. The largest absolute Gasteiger partial charge is 0.480 e. The van der Waals surface area contributed by atoms with Crippen LogP contribution in [0.1, 0.15) is 25.7 Å². The zero-order valence-corrected chi connectivity index (χ0v) is 19.7. The van der Waals surface area contributed by atoms with Crippen molar-refractivity contribution in [3.05, 3.63) is 0 Å². The van der Waals surface area contributed by atoms with Crippen LogP contribution >= 0.6 is 11.8 Å². The fraction of sp³-hybridized carbons (Fsp3) is 0.667. The number of guanidine groups is 1. The third-order valence-corrected chi connectivity index (χ3v) is 5.03. The van der Waals surface area contributed by atoms with Crippen molar-refractivity contribution >= 4 is 47.3 Å². The summed E-state index contributed by atoms with van der Waals surface area (Å²) >= 11 is 1.41. The van der Waals surface area contributed by atoms with E-state index in [1.165, 1.54) is 11.8 Å². The van der Waals surface area contributed by atoms with Crippen molar-refractivity contribution in [3.8, 4) is 0 Å². The molecule has 4 unspecified atom stereocenters. The minimum Gasteiger partial charge on any atom is -0.480 e. The maximum Gasteiger partial charge on any atom is 0.326 e. The molecule has 13 N–H and O–H groups in total. The fourth-order valence-corrected chi connectivity index (χ4v) is 3.05. The Kier molecular flexibility index (Phi) is 15.0. The second-order valence-corrected chi connectivity index (χ2v) is 8.20. The van der Waals surface area contributed by atoms with Crippen molar-refractivity contribution < 1.29 is 34.2 Å². The molecule has 34 heavy (non-hydrogen) atoms. The van der Waals surface area contributed by atoms with Gasteiger partial charge in [0.2, 0.25) is 23.6 Å². The molecule has 0 bridgehead atoms. The van der Waals surface area contributed by atoms with E-state index in [4.69, 9.17) is 28.0 Å². The lowest BCUT2D eigenvalue weighted by Crippen LogP contribution is -2.58. The summed E-state index contributed by atoms with van der Waals surface area (Å²) < 4.78 is 0. The van der Waals surface area contributed by atoms with Crippen molar-refractivity contribution in [3.63, 3.8) is 0 Å². The molecule has 0 aromatic rings. The Labute approximate surface area is 200 Å². The first-order chi connectivity index (χ1) is 15.9. The Morgan fingerprint density at radius 3 is 1.97 bits per heavy atom. The lowest BCUT2D eigenvalue weighted by atomic mass is 10.1. The highest BCUT2D eigenvalue weighted by Crippen LogP contribution is 2.04. The van der Waals surface area contributed by atoms with Crippen molar-refractivity contribution in [2.75, 3.05) is 25.2 Å². The number of aliphatic carboxylic acids is 1. The van der Waals surface area contributed by atoms with Crippen molar-refractivity contribution in [1.82, 2.24) is 16.0 Å². The van der Waals surface area contributed by atoms with Gasteiger partial charge in [-0.2, -0.15) is 11.8 Å². The molecule has 0 aliphatic rings. The summed E-state index contributed by atoms with van der Waals surface area (Å²) in [5.74, 6) is -4.53. The number of nitrogens with two attached hydrogens (primary N) is 4. The van der Waals surface area contributed by atoms with E-state index in [1.807, 2.05) is 5.32 Å². The highest BCUT2D eigenvalue weighted by Gasteiger charge is 2.30. The van der Waals surface area contributed by atoms with Crippen molar-refractivity contribution in [1.29, 1.82) is 0 Å². The molecule has 0 heterocycles. The van der Waals surface area contributed by atoms with Gasteiger partial charge in [-0.25, -0.2) is 4.79 Å². The topological polar surface area (TPSA) is 278 Å². The Balaban J connectivity index is 5.13. The molecule has 4 atom stereocenters. The molecule has 16 heteroatoms. The van der Waals surface area contributed by atoms with Crippen molar-refractivity contribution in [2.45, 2.75) is 49.9 Å². The van der Waals surface area contributed by atoms with Crippen LogP contribution in [0.3, 0.4) is 0 Å². The predicted molar refractivity (Wildman–Crippen MR) is 125 cm³/mol. The van der Waals surface area contributed by atoms with Gasteiger partial charge in [0.1, 0.15) is 18.1 Å². The number of primary amides is 1. The van der Waals surface area contributed by atoms with Gasteiger partial charge in [-0.3, -0.25) is 24.2 Å². The number of thioether (sulfide) groups is 1. The van der Waals surface area contributed by atoms with E-state index in [0.717, 1.165) is 0 Å². The summed E-state index contributed by atoms with van der Waals surface area (Å²) in [6.07, 6.45) is 1.98. The number of aliphatic imine (C=N–C) groups is 1. The van der Waals surface area contributed by atoms with E-state index < -0.39 is 66.8 Å². The quantitative estimate of drug-likeness (QED) is 0.0515. The number of hydrogen-bond acceptors (Lipinski definition) is 9. The Morgan fingerprint density at radius 1 is 0.912 bits per heavy atom. The molecule has 0 rings (SSSR count). The molecule has 0 saturated carbocycles. The number of amides is 4. The van der Waals surface area contributed by atoms with Crippen LogP contribution in [0, 0.1) is 0 Å². The zero-order chi connectivity index (χ0) is 26.3. The number of carboxylic acids is 1. The molecule has 0 saturated heterocycles. The first-order valence-corrected chi connectivity index (χ1v) is 11.6. The molecule has 0 radical (unpaired) electrons. The number of carbonyl (C=O) groups excluding carboxylic acids is 4. The van der Waals surface area contributed by atoms with Gasteiger partial charge in [0, 0.05) is 6.54 Å². The van der Waals surface area contributed by atoms with Crippen molar-refractivity contribution in [2.24, 2.45) is 27.9 Å². The minimum absolute atomic E-state index is 0.0846. The van der Waals surface area contributed by atoms with Crippen LogP contribution in [0.4, 0.5) is 0 Å². The molecular formula is C18H34N8O7S. The highest BCUT2D eigenvalue weighted by molar-refractivity contribution is 7.98. The number of nitrogens with zero attached hydrogens (tertiary/aromatic N) is 1. The third kappa shape index (κ3) is 12.8. The average molecular weight is 507 g/mol. The number of aliphatic hydroxyl groups is 1. The van der Waals surface area contributed by atoms with Gasteiger partial charge in [0.25, 0.3) is 0 Å². The number of aliphatic hydroxyl groups excluding tert-OH is 1. The molecule has 4 amide bonds. The lowest BCUT2D eigenvalue weighted by molar-refractivity contribution is -0.144. The Morgan fingerprint density at radius 2 is 1.47 bits per heavy atom. The van der Waals surface area contributed by atoms with E-state index in [2.05, 4.69) is 15.6 Å². The molecule has 0 spiro atoms. The normalized spacial score (nSPS) is 14.1. The number of carboxylic acid groups (broad SMARTS) is 1. The lowest BCUT2D eigenvalue weighted by Gasteiger charge is -2.24. The summed E-state index contributed by atoms with van der Waals surface area (Å²) in [5, 5.41) is 25.4. The number of carbonyl (C=O) groups is 5. The molecule has 194 valence electrons. The van der Waals surface area contributed by atoms with E-state index in [-0.39, 0.29) is 25.3 Å². The zero-order valence-electron chi connectivity index (χ0n) is 18.9. The molecule has 0 aromatic carbocycles. The highest BCUT2D eigenvalue weighted by atomic mass is 32.2. The Bertz CT molecular complexity index is 748. The third-order valence-electron chi connectivity index (χ3n) is 4.38. The minimum atomic E-state index is -1.64. The molecule has 0 aromatic heterocycles. The summed E-state index contributed by atoms with van der Waals surface area (Å²) in [4.78, 5) is 63.4. The standard InChI is InChI=1S/C18H34N8O7S/c1-34-6-4-10(24-14(29)9(19)3-2-5-23-18(21)22)15(30)26-12(8-27)16(31)25-11(17(32)33)7-13(20)28/h9-12,27H,2-8,19H2,1H3,(H2,20,28)(H,24,29)(H,25,31)(H,26,30)(H,32,33)(H4,21,22,23). The SMILES string of the molecule is CSCCC(NC(=O)C(N)CCCN=C(N)N)C(=O)NC(CO)C(=O)NC(CC(N)=O)C(=O)O. The number of rotatable bonds is 17.